The van der Waals surface area contributed by atoms with E-state index in [2.05, 4.69) is 15.9 Å². The van der Waals surface area contributed by atoms with Crippen molar-refractivity contribution in [2.45, 2.75) is 21.5 Å². The second kappa shape index (κ2) is 5.26. The Balaban J connectivity index is 2.42. The van der Waals surface area contributed by atoms with E-state index in [1.807, 2.05) is 6.92 Å². The molecule has 2 aromatic rings. The summed E-state index contributed by atoms with van der Waals surface area (Å²) in [5.74, 6) is 0. The number of alkyl halides is 3. The molecule has 6 heteroatoms. The Morgan fingerprint density at radius 1 is 0.900 bits per heavy atom. The van der Waals surface area contributed by atoms with Crippen molar-refractivity contribution in [1.82, 2.24) is 0 Å². The number of aryl methyl sites for hydroxylation is 1. The first-order valence-electron chi connectivity index (χ1n) is 5.70. The number of rotatable bonds is 3. The SMILES string of the molecule is Cc1ccc(S(=O)(=O)c2ccc(C(F)(F)Br)cc2)cc1. The quantitative estimate of drug-likeness (QED) is 0.765. The van der Waals surface area contributed by atoms with E-state index < -0.39 is 14.7 Å². The molecule has 0 spiro atoms. The molecule has 2 rings (SSSR count). The number of halogens is 3. The molecular formula is C14H11BrF2O2S. The molecule has 0 radical (unpaired) electrons. The molecule has 0 aromatic heterocycles. The van der Waals surface area contributed by atoms with Gasteiger partial charge in [0.05, 0.1) is 9.79 Å². The molecule has 0 amide bonds. The Labute approximate surface area is 124 Å². The van der Waals surface area contributed by atoms with Crippen molar-refractivity contribution >= 4 is 25.8 Å². The summed E-state index contributed by atoms with van der Waals surface area (Å²) in [4.78, 5) is -3.04. The average Bonchev–Trinajstić information content (AvgIpc) is 2.38. The van der Waals surface area contributed by atoms with Crippen LogP contribution in [-0.2, 0) is 14.7 Å². The minimum atomic E-state index is -3.68. The summed E-state index contributed by atoms with van der Waals surface area (Å²) in [6.45, 7) is 1.85. The molecule has 0 fully saturated rings. The van der Waals surface area contributed by atoms with Crippen LogP contribution in [-0.4, -0.2) is 8.42 Å². The van der Waals surface area contributed by atoms with Gasteiger partial charge in [-0.1, -0.05) is 29.8 Å². The van der Waals surface area contributed by atoms with Gasteiger partial charge in [0.1, 0.15) is 0 Å². The van der Waals surface area contributed by atoms with E-state index >= 15 is 0 Å². The van der Waals surface area contributed by atoms with Crippen molar-refractivity contribution in [3.05, 3.63) is 59.7 Å². The molecule has 0 atom stereocenters. The van der Waals surface area contributed by atoms with Gasteiger partial charge in [-0.15, -0.1) is 0 Å². The zero-order valence-corrected chi connectivity index (χ0v) is 12.9. The third-order valence-electron chi connectivity index (χ3n) is 2.82. The molecule has 0 saturated heterocycles. The summed E-state index contributed by atoms with van der Waals surface area (Å²) in [5.41, 5.74) is 0.651. The van der Waals surface area contributed by atoms with Crippen LogP contribution in [0.25, 0.3) is 0 Å². The number of sulfone groups is 1. The fraction of sp³-hybridized carbons (Fsp3) is 0.143. The van der Waals surface area contributed by atoms with Gasteiger partial charge >= 0.3 is 4.83 Å². The second-order valence-corrected chi connectivity index (χ2v) is 7.28. The van der Waals surface area contributed by atoms with Gasteiger partial charge in [-0.3, -0.25) is 0 Å². The van der Waals surface area contributed by atoms with Crippen molar-refractivity contribution in [3.63, 3.8) is 0 Å². The predicted octanol–water partition coefficient (Wildman–Crippen LogP) is 4.27. The van der Waals surface area contributed by atoms with Gasteiger partial charge in [-0.2, -0.15) is 8.78 Å². The van der Waals surface area contributed by atoms with E-state index in [1.165, 1.54) is 24.3 Å². The third kappa shape index (κ3) is 3.07. The Hall–Kier alpha value is -1.27. The van der Waals surface area contributed by atoms with Gasteiger partial charge in [-0.05, 0) is 47.1 Å². The summed E-state index contributed by atoms with van der Waals surface area (Å²) >= 11 is 2.23. The summed E-state index contributed by atoms with van der Waals surface area (Å²) in [5, 5.41) is 0. The minimum absolute atomic E-state index is 0.0122. The standard InChI is InChI=1S/C14H11BrF2O2S/c1-10-2-6-12(7-3-10)20(18,19)13-8-4-11(5-9-13)14(15,16)17/h2-9H,1H3. The molecule has 0 saturated carbocycles. The van der Waals surface area contributed by atoms with E-state index in [0.29, 0.717) is 0 Å². The Bertz CT molecular complexity index is 702. The van der Waals surface area contributed by atoms with Crippen LogP contribution in [0.5, 0.6) is 0 Å². The van der Waals surface area contributed by atoms with Gasteiger partial charge in [0.2, 0.25) is 9.84 Å². The molecule has 2 nitrogen and oxygen atoms in total. The van der Waals surface area contributed by atoms with Crippen LogP contribution in [0.1, 0.15) is 11.1 Å². The maximum Gasteiger partial charge on any atom is 0.326 e. The lowest BCUT2D eigenvalue weighted by molar-refractivity contribution is 0.114. The van der Waals surface area contributed by atoms with Crippen LogP contribution in [0.15, 0.2) is 58.3 Å². The lowest BCUT2D eigenvalue weighted by Gasteiger charge is -2.10. The number of benzene rings is 2. The second-order valence-electron chi connectivity index (χ2n) is 4.34. The van der Waals surface area contributed by atoms with Crippen LogP contribution < -0.4 is 0 Å². The molecule has 106 valence electrons. The molecule has 0 heterocycles. The maximum absolute atomic E-state index is 13.0. The van der Waals surface area contributed by atoms with Crippen LogP contribution in [0.4, 0.5) is 8.78 Å². The molecule has 0 bridgehead atoms. The summed E-state index contributed by atoms with van der Waals surface area (Å²) < 4.78 is 50.6. The Morgan fingerprint density at radius 3 is 1.70 bits per heavy atom. The van der Waals surface area contributed by atoms with Crippen LogP contribution in [0.3, 0.4) is 0 Å². The molecule has 0 aliphatic rings. The largest absolute Gasteiger partial charge is 0.326 e. The highest BCUT2D eigenvalue weighted by atomic mass is 79.9. The molecule has 0 aliphatic carbocycles. The van der Waals surface area contributed by atoms with E-state index in [4.69, 9.17) is 0 Å². The Kier molecular flexibility index (Phi) is 3.97. The lowest BCUT2D eigenvalue weighted by Crippen LogP contribution is -2.05. The summed E-state index contributed by atoms with van der Waals surface area (Å²) in [6.07, 6.45) is 0. The fourth-order valence-electron chi connectivity index (χ4n) is 1.68. The topological polar surface area (TPSA) is 34.1 Å². The zero-order chi connectivity index (χ0) is 15.0. The minimum Gasteiger partial charge on any atom is -0.219 e. The van der Waals surface area contributed by atoms with Crippen molar-refractivity contribution in [1.29, 1.82) is 0 Å². The van der Waals surface area contributed by atoms with E-state index in [9.17, 15) is 17.2 Å². The van der Waals surface area contributed by atoms with E-state index in [-0.39, 0.29) is 15.4 Å². The van der Waals surface area contributed by atoms with Crippen molar-refractivity contribution in [2.24, 2.45) is 0 Å². The van der Waals surface area contributed by atoms with Gasteiger partial charge in [0, 0.05) is 5.56 Å². The highest BCUT2D eigenvalue weighted by Crippen LogP contribution is 2.35. The first kappa shape index (κ1) is 15.1. The normalized spacial score (nSPS) is 12.4. The third-order valence-corrected chi connectivity index (χ3v) is 5.07. The smallest absolute Gasteiger partial charge is 0.219 e. The first-order valence-corrected chi connectivity index (χ1v) is 7.98. The molecule has 0 N–H and O–H groups in total. The van der Waals surface area contributed by atoms with Crippen LogP contribution >= 0.6 is 15.9 Å². The van der Waals surface area contributed by atoms with Gasteiger partial charge in [-0.25, -0.2) is 8.42 Å². The molecule has 0 unspecified atom stereocenters. The van der Waals surface area contributed by atoms with E-state index in [1.54, 1.807) is 12.1 Å². The zero-order valence-electron chi connectivity index (χ0n) is 10.5. The van der Waals surface area contributed by atoms with Crippen molar-refractivity contribution in [2.75, 3.05) is 0 Å². The van der Waals surface area contributed by atoms with Crippen LogP contribution in [0, 0.1) is 6.92 Å². The molecule has 20 heavy (non-hydrogen) atoms. The molecular weight excluding hydrogens is 350 g/mol. The maximum atomic E-state index is 13.0. The fourth-order valence-corrected chi connectivity index (χ4v) is 3.20. The van der Waals surface area contributed by atoms with E-state index in [0.717, 1.165) is 17.7 Å². The monoisotopic (exact) mass is 360 g/mol. The van der Waals surface area contributed by atoms with Gasteiger partial charge < -0.3 is 0 Å². The van der Waals surface area contributed by atoms with Crippen LogP contribution in [0.2, 0.25) is 0 Å². The van der Waals surface area contributed by atoms with Crippen molar-refractivity contribution < 1.29 is 17.2 Å². The highest BCUT2D eigenvalue weighted by Gasteiger charge is 2.27. The predicted molar refractivity (Wildman–Crippen MR) is 75.9 cm³/mol. The summed E-state index contributed by atoms with van der Waals surface area (Å²) in [6, 6.07) is 10.9. The molecule has 2 aromatic carbocycles. The average molecular weight is 361 g/mol. The van der Waals surface area contributed by atoms with Crippen molar-refractivity contribution in [3.8, 4) is 0 Å². The Morgan fingerprint density at radius 2 is 1.30 bits per heavy atom. The van der Waals surface area contributed by atoms with Gasteiger partial charge in [0.25, 0.3) is 0 Å². The molecule has 0 aliphatic heterocycles. The summed E-state index contributed by atoms with van der Waals surface area (Å²) in [7, 11) is -3.68. The number of hydrogen-bond acceptors (Lipinski definition) is 2. The highest BCUT2D eigenvalue weighted by molar-refractivity contribution is 9.09. The first-order chi connectivity index (χ1) is 9.21. The lowest BCUT2D eigenvalue weighted by atomic mass is 10.2. The number of hydrogen-bond donors (Lipinski definition) is 0. The van der Waals surface area contributed by atoms with Gasteiger partial charge in [0.15, 0.2) is 0 Å².